The van der Waals surface area contributed by atoms with Crippen LogP contribution < -0.4 is 0 Å². The minimum absolute atomic E-state index is 0.766. The Bertz CT molecular complexity index is 434. The van der Waals surface area contributed by atoms with E-state index in [1.165, 1.54) is 31.4 Å². The smallest absolute Gasteiger partial charge is 0.132 e. The van der Waals surface area contributed by atoms with Gasteiger partial charge in [-0.15, -0.1) is 0 Å². The normalized spacial score (nSPS) is 16.6. The number of rotatable bonds is 4. The predicted octanol–water partition coefficient (Wildman–Crippen LogP) is 4.19. The molecule has 2 rings (SSSR count). The highest BCUT2D eigenvalue weighted by molar-refractivity contribution is 7.99. The Morgan fingerprint density at radius 2 is 2.12 bits per heavy atom. The van der Waals surface area contributed by atoms with Gasteiger partial charge in [-0.3, -0.25) is 0 Å². The van der Waals surface area contributed by atoms with E-state index in [9.17, 15) is 0 Å². The van der Waals surface area contributed by atoms with Gasteiger partial charge in [-0.25, -0.2) is 4.98 Å². The molecule has 0 aromatic carbocycles. The molecule has 1 aliphatic rings. The molecule has 1 aromatic heterocycles. The molecule has 0 unspecified atom stereocenters. The van der Waals surface area contributed by atoms with Crippen LogP contribution in [0.25, 0.3) is 0 Å². The van der Waals surface area contributed by atoms with Gasteiger partial charge < -0.3 is 4.98 Å². The van der Waals surface area contributed by atoms with Crippen LogP contribution >= 0.6 is 24.0 Å². The number of hydrogen-bond donors (Lipinski definition) is 1. The van der Waals surface area contributed by atoms with E-state index in [0.29, 0.717) is 0 Å². The molecular formula is C13H20N2S2. The van der Waals surface area contributed by atoms with Crippen LogP contribution in [0, 0.1) is 11.6 Å². The fraction of sp³-hybridized carbons (Fsp3) is 0.692. The van der Waals surface area contributed by atoms with Crippen molar-refractivity contribution in [2.45, 2.75) is 57.0 Å². The Morgan fingerprint density at radius 3 is 2.76 bits per heavy atom. The van der Waals surface area contributed by atoms with Gasteiger partial charge in [0.2, 0.25) is 0 Å². The first kappa shape index (κ1) is 13.1. The van der Waals surface area contributed by atoms with E-state index >= 15 is 0 Å². The van der Waals surface area contributed by atoms with Gasteiger partial charge in [-0.2, -0.15) is 11.8 Å². The quantitative estimate of drug-likeness (QED) is 0.830. The second kappa shape index (κ2) is 6.01. The van der Waals surface area contributed by atoms with Gasteiger partial charge in [0.25, 0.3) is 0 Å². The zero-order valence-electron chi connectivity index (χ0n) is 10.6. The van der Waals surface area contributed by atoms with Crippen molar-refractivity contribution in [3.8, 4) is 0 Å². The molecule has 1 aromatic rings. The molecule has 94 valence electrons. The highest BCUT2D eigenvalue weighted by Gasteiger charge is 2.15. The van der Waals surface area contributed by atoms with Gasteiger partial charge in [0.15, 0.2) is 0 Å². The number of nitrogens with one attached hydrogen (secondary N) is 1. The maximum atomic E-state index is 5.30. The number of hydrogen-bond acceptors (Lipinski definition) is 3. The third-order valence-electron chi connectivity index (χ3n) is 3.42. The number of thioether (sulfide) groups is 1. The first-order valence-corrected chi connectivity index (χ1v) is 7.86. The third-order valence-corrected chi connectivity index (χ3v) is 5.20. The van der Waals surface area contributed by atoms with E-state index in [1.54, 1.807) is 0 Å². The third kappa shape index (κ3) is 3.32. The summed E-state index contributed by atoms with van der Waals surface area (Å²) in [6.45, 7) is 4.21. The minimum atomic E-state index is 0.766. The lowest BCUT2D eigenvalue weighted by Crippen LogP contribution is -2.03. The molecule has 1 fully saturated rings. The molecule has 0 atom stereocenters. The average molecular weight is 268 g/mol. The van der Waals surface area contributed by atoms with E-state index in [1.807, 2.05) is 11.8 Å². The maximum absolute atomic E-state index is 5.30. The summed E-state index contributed by atoms with van der Waals surface area (Å²) in [5.41, 5.74) is 2.38. The number of H-pyrrole nitrogens is 1. The van der Waals surface area contributed by atoms with Gasteiger partial charge >= 0.3 is 0 Å². The number of aromatic amines is 1. The van der Waals surface area contributed by atoms with Crippen LogP contribution in [0.5, 0.6) is 0 Å². The van der Waals surface area contributed by atoms with Crippen molar-refractivity contribution < 1.29 is 0 Å². The van der Waals surface area contributed by atoms with Crippen LogP contribution in [-0.2, 0) is 12.2 Å². The molecule has 0 amide bonds. The van der Waals surface area contributed by atoms with Crippen molar-refractivity contribution in [1.29, 1.82) is 0 Å². The van der Waals surface area contributed by atoms with Gasteiger partial charge in [-0.1, -0.05) is 32.0 Å². The molecule has 1 N–H and O–H groups in total. The molecule has 17 heavy (non-hydrogen) atoms. The number of aryl methyl sites for hydroxylation is 1. The Morgan fingerprint density at radius 1 is 1.41 bits per heavy atom. The maximum Gasteiger partial charge on any atom is 0.132 e. The van der Waals surface area contributed by atoms with Crippen LogP contribution in [0.2, 0.25) is 0 Å². The summed E-state index contributed by atoms with van der Waals surface area (Å²) >= 11 is 7.33. The summed E-state index contributed by atoms with van der Waals surface area (Å²) in [6, 6.07) is 0. The summed E-state index contributed by atoms with van der Waals surface area (Å²) in [6.07, 6.45) is 6.54. The second-order valence-electron chi connectivity index (χ2n) is 4.66. The van der Waals surface area contributed by atoms with Gasteiger partial charge in [0.1, 0.15) is 10.5 Å². The zero-order valence-corrected chi connectivity index (χ0v) is 12.2. The number of nitrogens with zero attached hydrogens (tertiary/aromatic N) is 1. The number of aromatic nitrogens is 2. The molecule has 0 aliphatic heterocycles. The van der Waals surface area contributed by atoms with E-state index in [-0.39, 0.29) is 0 Å². The molecule has 4 heteroatoms. The summed E-state index contributed by atoms with van der Waals surface area (Å²) in [5, 5.41) is 0.838. The summed E-state index contributed by atoms with van der Waals surface area (Å²) in [5.74, 6) is 2.02. The Hall–Kier alpha value is -0.350. The fourth-order valence-electron chi connectivity index (χ4n) is 2.31. The first-order valence-electron chi connectivity index (χ1n) is 6.41. The van der Waals surface area contributed by atoms with Crippen molar-refractivity contribution in [3.05, 3.63) is 21.7 Å². The van der Waals surface area contributed by atoms with E-state index in [0.717, 1.165) is 33.5 Å². The lowest BCUT2D eigenvalue weighted by molar-refractivity contribution is 0.886. The van der Waals surface area contributed by atoms with Crippen molar-refractivity contribution in [2.24, 2.45) is 0 Å². The largest absolute Gasteiger partial charge is 0.346 e. The average Bonchev–Trinajstić information content (AvgIpc) is 2.83. The monoisotopic (exact) mass is 268 g/mol. The van der Waals surface area contributed by atoms with Crippen LogP contribution in [0.1, 0.15) is 49.7 Å². The van der Waals surface area contributed by atoms with Gasteiger partial charge in [-0.05, 0) is 26.2 Å². The van der Waals surface area contributed by atoms with Crippen molar-refractivity contribution >= 4 is 24.0 Å². The van der Waals surface area contributed by atoms with Crippen molar-refractivity contribution in [1.82, 2.24) is 9.97 Å². The van der Waals surface area contributed by atoms with Gasteiger partial charge in [0.05, 0.1) is 5.75 Å². The highest BCUT2D eigenvalue weighted by atomic mass is 32.2. The topological polar surface area (TPSA) is 28.7 Å². The Labute approximate surface area is 113 Å². The summed E-state index contributed by atoms with van der Waals surface area (Å²) in [7, 11) is 0. The Balaban J connectivity index is 2.05. The Kier molecular flexibility index (Phi) is 4.62. The highest BCUT2D eigenvalue weighted by Crippen LogP contribution is 2.31. The molecule has 0 spiro atoms. The predicted molar refractivity (Wildman–Crippen MR) is 77.1 cm³/mol. The zero-order chi connectivity index (χ0) is 12.3. The molecule has 0 radical (unpaired) electrons. The lowest BCUT2D eigenvalue weighted by Gasteiger charge is -2.10. The van der Waals surface area contributed by atoms with Crippen molar-refractivity contribution in [3.63, 3.8) is 0 Å². The van der Waals surface area contributed by atoms with E-state index < -0.39 is 0 Å². The van der Waals surface area contributed by atoms with Gasteiger partial charge in [0, 0.05) is 16.5 Å². The lowest BCUT2D eigenvalue weighted by atomic mass is 10.2. The molecule has 1 heterocycles. The summed E-state index contributed by atoms with van der Waals surface area (Å²) < 4.78 is 0.766. The molecule has 1 aliphatic carbocycles. The van der Waals surface area contributed by atoms with Crippen LogP contribution in [0.4, 0.5) is 0 Å². The van der Waals surface area contributed by atoms with Crippen LogP contribution in [-0.4, -0.2) is 15.2 Å². The van der Waals surface area contributed by atoms with E-state index in [2.05, 4.69) is 23.8 Å². The first-order chi connectivity index (χ1) is 8.20. The minimum Gasteiger partial charge on any atom is -0.346 e. The molecule has 0 saturated heterocycles. The molecular weight excluding hydrogens is 248 g/mol. The molecule has 1 saturated carbocycles. The van der Waals surface area contributed by atoms with Crippen molar-refractivity contribution in [2.75, 3.05) is 0 Å². The summed E-state index contributed by atoms with van der Waals surface area (Å²) in [4.78, 5) is 7.91. The standard InChI is InChI=1S/C13H20N2S2/c1-3-11-9(2)13(16)15-12(14-11)8-17-10-6-4-5-7-10/h10H,3-8H2,1-2H3,(H,14,15,16). The SMILES string of the molecule is CCc1[nH]c(CSC2CCCC2)nc(=S)c1C. The van der Waals surface area contributed by atoms with Crippen LogP contribution in [0.15, 0.2) is 0 Å². The second-order valence-corrected chi connectivity index (χ2v) is 6.34. The molecule has 0 bridgehead atoms. The van der Waals surface area contributed by atoms with E-state index in [4.69, 9.17) is 12.2 Å². The van der Waals surface area contributed by atoms with Crippen LogP contribution in [0.3, 0.4) is 0 Å². The fourth-order valence-corrected chi connectivity index (χ4v) is 3.74. The molecule has 2 nitrogen and oxygen atoms in total.